The maximum absolute atomic E-state index is 13.4. The smallest absolute Gasteiger partial charge is 0.406 e. The number of imidazole rings is 1. The van der Waals surface area contributed by atoms with E-state index in [0.29, 0.717) is 30.5 Å². The number of aryl methyl sites for hydroxylation is 1. The summed E-state index contributed by atoms with van der Waals surface area (Å²) in [5.74, 6) is 0.384. The van der Waals surface area contributed by atoms with E-state index in [0.717, 1.165) is 18.7 Å². The summed E-state index contributed by atoms with van der Waals surface area (Å²) in [6.45, 7) is 4.42. The predicted octanol–water partition coefficient (Wildman–Crippen LogP) is 3.75. The molecule has 3 heterocycles. The SMILES string of the molecule is CC(c1ccncc1)N(C)C(=O)CN1CC2C(C1)C2CN(Cc1cccc(OC(F)(F)F)c1)C(=O)c1cn(C)cn1. The standard InChI is InChI=1S/C29H33F3N6O3/c1-19(21-7-9-33-10-8-21)36(3)27(39)17-37-13-23-24(14-37)25(23)15-38(28(40)26-16-35(2)18-34-26)12-20-5-4-6-22(11-20)41-29(30,31)32/h4-11,16,18-19,23-25H,12-15,17H2,1-3H3. The third kappa shape index (κ3) is 6.87. The Morgan fingerprint density at radius 3 is 2.49 bits per heavy atom. The first-order chi connectivity index (χ1) is 19.5. The van der Waals surface area contributed by atoms with Gasteiger partial charge >= 0.3 is 6.36 Å². The lowest BCUT2D eigenvalue weighted by Crippen LogP contribution is -2.40. The zero-order chi connectivity index (χ0) is 29.3. The second-order valence-corrected chi connectivity index (χ2v) is 11.0. The van der Waals surface area contributed by atoms with Crippen LogP contribution in [0.15, 0.2) is 61.3 Å². The number of carbonyl (C=O) groups excluding carboxylic acids is 2. The van der Waals surface area contributed by atoms with E-state index in [-0.39, 0.29) is 41.8 Å². The van der Waals surface area contributed by atoms with Crippen molar-refractivity contribution >= 4 is 11.8 Å². The van der Waals surface area contributed by atoms with E-state index in [9.17, 15) is 22.8 Å². The van der Waals surface area contributed by atoms with Crippen molar-refractivity contribution in [3.05, 3.63) is 78.1 Å². The van der Waals surface area contributed by atoms with Crippen molar-refractivity contribution in [3.8, 4) is 5.75 Å². The zero-order valence-electron chi connectivity index (χ0n) is 23.2. The van der Waals surface area contributed by atoms with E-state index in [2.05, 4.69) is 19.6 Å². The Kier molecular flexibility index (Phi) is 8.03. The van der Waals surface area contributed by atoms with Crippen molar-refractivity contribution in [3.63, 3.8) is 0 Å². The maximum atomic E-state index is 13.4. The number of benzene rings is 1. The molecule has 12 heteroatoms. The van der Waals surface area contributed by atoms with Gasteiger partial charge in [-0.1, -0.05) is 12.1 Å². The van der Waals surface area contributed by atoms with E-state index >= 15 is 0 Å². The Morgan fingerprint density at radius 2 is 1.85 bits per heavy atom. The molecule has 0 N–H and O–H groups in total. The normalized spacial score (nSPS) is 20.8. The lowest BCUT2D eigenvalue weighted by atomic mass is 10.1. The molecule has 9 nitrogen and oxygen atoms in total. The summed E-state index contributed by atoms with van der Waals surface area (Å²) >= 11 is 0. The lowest BCUT2D eigenvalue weighted by Gasteiger charge is -2.29. The summed E-state index contributed by atoms with van der Waals surface area (Å²) in [5.41, 5.74) is 1.83. The molecule has 0 bridgehead atoms. The summed E-state index contributed by atoms with van der Waals surface area (Å²) in [5, 5.41) is 0. The number of fused-ring (bicyclic) bond motifs is 1. The first-order valence-electron chi connectivity index (χ1n) is 13.5. The highest BCUT2D eigenvalue weighted by atomic mass is 19.4. The van der Waals surface area contributed by atoms with Gasteiger partial charge in [0.25, 0.3) is 5.91 Å². The van der Waals surface area contributed by atoms with Gasteiger partial charge in [0.05, 0.1) is 18.9 Å². The average molecular weight is 571 g/mol. The second kappa shape index (κ2) is 11.5. The fraction of sp³-hybridized carbons (Fsp3) is 0.448. The average Bonchev–Trinajstić information content (AvgIpc) is 3.23. The quantitative estimate of drug-likeness (QED) is 0.369. The predicted molar refractivity (Wildman–Crippen MR) is 143 cm³/mol. The van der Waals surface area contributed by atoms with Gasteiger partial charge in [-0.3, -0.25) is 19.5 Å². The van der Waals surface area contributed by atoms with E-state index in [4.69, 9.17) is 0 Å². The number of halogens is 3. The van der Waals surface area contributed by atoms with Crippen molar-refractivity contribution in [1.82, 2.24) is 29.2 Å². The fourth-order valence-corrected chi connectivity index (χ4v) is 5.74. The number of hydrogen-bond donors (Lipinski definition) is 0. The van der Waals surface area contributed by atoms with Gasteiger partial charge in [-0.05, 0) is 60.1 Å². The van der Waals surface area contributed by atoms with Crippen molar-refractivity contribution in [1.29, 1.82) is 0 Å². The summed E-state index contributed by atoms with van der Waals surface area (Å²) in [6, 6.07) is 9.43. The summed E-state index contributed by atoms with van der Waals surface area (Å²) in [6.07, 6.45) is 1.80. The number of amides is 2. The monoisotopic (exact) mass is 570 g/mol. The van der Waals surface area contributed by atoms with E-state index in [1.807, 2.05) is 26.1 Å². The molecular formula is C29H33F3N6O3. The lowest BCUT2D eigenvalue weighted by molar-refractivity contribution is -0.274. The first kappa shape index (κ1) is 28.6. The molecular weight excluding hydrogens is 537 g/mol. The molecule has 3 aromatic rings. The van der Waals surface area contributed by atoms with Crippen LogP contribution in [-0.2, 0) is 18.4 Å². The minimum Gasteiger partial charge on any atom is -0.406 e. The van der Waals surface area contributed by atoms with Crippen LogP contribution in [0.2, 0.25) is 0 Å². The van der Waals surface area contributed by atoms with E-state index in [1.165, 1.54) is 24.5 Å². The van der Waals surface area contributed by atoms with Gasteiger partial charge in [0, 0.05) is 58.9 Å². The molecule has 2 aromatic heterocycles. The van der Waals surface area contributed by atoms with Gasteiger partial charge in [-0.25, -0.2) is 4.98 Å². The van der Waals surface area contributed by atoms with Crippen LogP contribution in [0, 0.1) is 17.8 Å². The molecule has 3 unspecified atom stereocenters. The van der Waals surface area contributed by atoms with Crippen LogP contribution in [0.1, 0.15) is 34.6 Å². The number of hydrogen-bond acceptors (Lipinski definition) is 6. The minimum absolute atomic E-state index is 0.0417. The topological polar surface area (TPSA) is 83.8 Å². The number of rotatable bonds is 10. The Labute approximate surface area is 236 Å². The second-order valence-electron chi connectivity index (χ2n) is 11.0. The molecule has 1 aromatic carbocycles. The highest BCUT2D eigenvalue weighted by Gasteiger charge is 2.56. The summed E-state index contributed by atoms with van der Waals surface area (Å²) < 4.78 is 44.0. The van der Waals surface area contributed by atoms with Crippen LogP contribution < -0.4 is 4.74 Å². The number of carbonyl (C=O) groups is 2. The Hall–Kier alpha value is -3.93. The van der Waals surface area contributed by atoms with Crippen molar-refractivity contribution in [2.75, 3.05) is 33.2 Å². The summed E-state index contributed by atoms with van der Waals surface area (Å²) in [7, 11) is 3.57. The number of ether oxygens (including phenoxy) is 1. The molecule has 5 rings (SSSR count). The van der Waals surface area contributed by atoms with Crippen molar-refractivity contribution in [2.24, 2.45) is 24.8 Å². The molecule has 1 saturated carbocycles. The number of likely N-dealkylation sites (tertiary alicyclic amines) is 1. The number of aromatic nitrogens is 3. The van der Waals surface area contributed by atoms with Crippen LogP contribution in [0.5, 0.6) is 5.75 Å². The van der Waals surface area contributed by atoms with Gasteiger partial charge < -0.3 is 19.1 Å². The van der Waals surface area contributed by atoms with Crippen LogP contribution in [-0.4, -0.2) is 80.6 Å². The Bertz CT molecular complexity index is 1370. The minimum atomic E-state index is -4.80. The number of alkyl halides is 3. The molecule has 0 radical (unpaired) electrons. The molecule has 1 aliphatic heterocycles. The van der Waals surface area contributed by atoms with Crippen LogP contribution in [0.3, 0.4) is 0 Å². The molecule has 1 aliphatic carbocycles. The highest BCUT2D eigenvalue weighted by Crippen LogP contribution is 2.52. The van der Waals surface area contributed by atoms with Crippen LogP contribution in [0.25, 0.3) is 0 Å². The molecule has 2 fully saturated rings. The van der Waals surface area contributed by atoms with Gasteiger partial charge in [0.15, 0.2) is 0 Å². The van der Waals surface area contributed by atoms with Gasteiger partial charge in [-0.15, -0.1) is 13.2 Å². The molecule has 1 saturated heterocycles. The van der Waals surface area contributed by atoms with Crippen molar-refractivity contribution in [2.45, 2.75) is 25.9 Å². The Morgan fingerprint density at radius 1 is 1.15 bits per heavy atom. The molecule has 3 atom stereocenters. The number of likely N-dealkylation sites (N-methyl/N-ethyl adjacent to an activating group) is 1. The summed E-state index contributed by atoms with van der Waals surface area (Å²) in [4.78, 5) is 40.2. The third-order valence-corrected chi connectivity index (χ3v) is 8.12. The zero-order valence-corrected chi connectivity index (χ0v) is 23.2. The highest BCUT2D eigenvalue weighted by molar-refractivity contribution is 5.92. The van der Waals surface area contributed by atoms with Crippen LogP contribution >= 0.6 is 0 Å². The van der Waals surface area contributed by atoms with Gasteiger partial charge in [0.1, 0.15) is 11.4 Å². The first-order valence-corrected chi connectivity index (χ1v) is 13.5. The number of pyridine rings is 1. The van der Waals surface area contributed by atoms with Crippen LogP contribution in [0.4, 0.5) is 13.2 Å². The van der Waals surface area contributed by atoms with E-state index < -0.39 is 6.36 Å². The van der Waals surface area contributed by atoms with E-state index in [1.54, 1.807) is 46.1 Å². The molecule has 2 amide bonds. The largest absolute Gasteiger partial charge is 0.573 e. The molecule has 41 heavy (non-hydrogen) atoms. The molecule has 0 spiro atoms. The maximum Gasteiger partial charge on any atom is 0.573 e. The number of nitrogens with zero attached hydrogens (tertiary/aromatic N) is 6. The molecule has 2 aliphatic rings. The van der Waals surface area contributed by atoms with Gasteiger partial charge in [0.2, 0.25) is 5.91 Å². The van der Waals surface area contributed by atoms with Crippen molar-refractivity contribution < 1.29 is 27.5 Å². The third-order valence-electron chi connectivity index (χ3n) is 8.12. The molecule has 218 valence electrons. The fourth-order valence-electron chi connectivity index (χ4n) is 5.74. The Balaban J connectivity index is 1.20. The van der Waals surface area contributed by atoms with Gasteiger partial charge in [-0.2, -0.15) is 0 Å². The number of piperidine rings is 1.